The average Bonchev–Trinajstić information content (AvgIpc) is 3.22. The van der Waals surface area contributed by atoms with E-state index < -0.39 is 39.5 Å². The van der Waals surface area contributed by atoms with E-state index in [1.807, 2.05) is 0 Å². The maximum atomic E-state index is 13.5. The van der Waals surface area contributed by atoms with Gasteiger partial charge in [-0.05, 0) is 64.4 Å². The van der Waals surface area contributed by atoms with Crippen LogP contribution in [0.15, 0.2) is 35.2 Å². The highest BCUT2D eigenvalue weighted by Crippen LogP contribution is 2.25. The molecule has 1 aliphatic rings. The van der Waals surface area contributed by atoms with E-state index in [2.05, 4.69) is 15.0 Å². The van der Waals surface area contributed by atoms with E-state index in [1.54, 1.807) is 20.8 Å². The van der Waals surface area contributed by atoms with Gasteiger partial charge in [-0.1, -0.05) is 0 Å². The molecule has 2 N–H and O–H groups in total. The Kier molecular flexibility index (Phi) is 7.65. The first-order valence-electron chi connectivity index (χ1n) is 10.9. The number of hydrogen-bond donors (Lipinski definition) is 2. The molecule has 0 radical (unpaired) electrons. The van der Waals surface area contributed by atoms with Crippen LogP contribution in [0.4, 0.5) is 15.0 Å². The maximum Gasteiger partial charge on any atom is 0.410 e. The zero-order chi connectivity index (χ0) is 26.0. The van der Waals surface area contributed by atoms with E-state index in [-0.39, 0.29) is 34.3 Å². The fraction of sp³-hybridized carbons (Fsp3) is 0.435. The summed E-state index contributed by atoms with van der Waals surface area (Å²) in [6.07, 6.45) is -0.0929. The van der Waals surface area contributed by atoms with Crippen LogP contribution in [0.5, 0.6) is 5.75 Å². The Balaban J connectivity index is 1.75. The predicted molar refractivity (Wildman–Crippen MR) is 126 cm³/mol. The summed E-state index contributed by atoms with van der Waals surface area (Å²) in [4.78, 5) is 30.4. The standard InChI is InChI=1S/C23H29FN4O6S/c1-14-18(24)7-9-20(25-14)26-21(29)17-12-16(6-8-19(17)33-5)35(31,32)27-15-10-11-28(13-15)22(30)34-23(2,3)4/h6-9,12,15,27H,10-11,13H2,1-5H3,(H,25,26,29)/t15-/m0/s1. The number of aromatic nitrogens is 1. The van der Waals surface area contributed by atoms with Gasteiger partial charge in [0.25, 0.3) is 5.91 Å². The van der Waals surface area contributed by atoms with Crippen molar-refractivity contribution >= 4 is 27.8 Å². The molecule has 3 rings (SSSR count). The van der Waals surface area contributed by atoms with Gasteiger partial charge >= 0.3 is 6.09 Å². The van der Waals surface area contributed by atoms with Crippen LogP contribution in [0.25, 0.3) is 0 Å². The molecule has 1 atom stereocenters. The molecule has 190 valence electrons. The van der Waals surface area contributed by atoms with E-state index in [4.69, 9.17) is 9.47 Å². The molecule has 2 aromatic rings. The Bertz CT molecular complexity index is 1230. The quantitative estimate of drug-likeness (QED) is 0.614. The predicted octanol–water partition coefficient (Wildman–Crippen LogP) is 3.08. The van der Waals surface area contributed by atoms with Crippen molar-refractivity contribution in [1.29, 1.82) is 0 Å². The third-order valence-electron chi connectivity index (χ3n) is 5.15. The Morgan fingerprint density at radius 3 is 2.54 bits per heavy atom. The Morgan fingerprint density at radius 1 is 1.20 bits per heavy atom. The van der Waals surface area contributed by atoms with Gasteiger partial charge in [0.1, 0.15) is 23.0 Å². The normalized spacial score (nSPS) is 16.2. The maximum absolute atomic E-state index is 13.5. The second kappa shape index (κ2) is 10.2. The van der Waals surface area contributed by atoms with Gasteiger partial charge in [0.15, 0.2) is 0 Å². The highest BCUT2D eigenvalue weighted by Gasteiger charge is 2.32. The molecule has 2 amide bonds. The highest BCUT2D eigenvalue weighted by molar-refractivity contribution is 7.89. The zero-order valence-corrected chi connectivity index (χ0v) is 21.0. The minimum Gasteiger partial charge on any atom is -0.496 e. The molecule has 0 bridgehead atoms. The van der Waals surface area contributed by atoms with Crippen molar-refractivity contribution in [2.75, 3.05) is 25.5 Å². The molecular formula is C23H29FN4O6S. The van der Waals surface area contributed by atoms with Crippen molar-refractivity contribution < 1.29 is 31.9 Å². The Labute approximate surface area is 203 Å². The van der Waals surface area contributed by atoms with Gasteiger partial charge in [-0.15, -0.1) is 0 Å². The summed E-state index contributed by atoms with van der Waals surface area (Å²) < 4.78 is 52.7. The van der Waals surface area contributed by atoms with Crippen LogP contribution in [0.3, 0.4) is 0 Å². The summed E-state index contributed by atoms with van der Waals surface area (Å²) in [5.41, 5.74) is -0.593. The Hall–Kier alpha value is -3.25. The number of likely N-dealkylation sites (tertiary alicyclic amines) is 1. The van der Waals surface area contributed by atoms with Crippen LogP contribution >= 0.6 is 0 Å². The van der Waals surface area contributed by atoms with Crippen molar-refractivity contribution in [3.8, 4) is 5.75 Å². The summed E-state index contributed by atoms with van der Waals surface area (Å²) in [7, 11) is -2.67. The summed E-state index contributed by atoms with van der Waals surface area (Å²) in [5, 5.41) is 2.52. The number of aryl methyl sites for hydroxylation is 1. The molecule has 10 nitrogen and oxygen atoms in total. The van der Waals surface area contributed by atoms with Gasteiger partial charge < -0.3 is 19.7 Å². The van der Waals surface area contributed by atoms with Gasteiger partial charge in [0, 0.05) is 19.1 Å². The summed E-state index contributed by atoms with van der Waals surface area (Å²) in [6.45, 7) is 7.23. The van der Waals surface area contributed by atoms with Crippen molar-refractivity contribution in [2.24, 2.45) is 0 Å². The molecule has 0 spiro atoms. The lowest BCUT2D eigenvalue weighted by Gasteiger charge is -2.24. The molecule has 1 aliphatic heterocycles. The number of sulfonamides is 1. The first kappa shape index (κ1) is 26.4. The number of ether oxygens (including phenoxy) is 2. The van der Waals surface area contributed by atoms with E-state index in [9.17, 15) is 22.4 Å². The van der Waals surface area contributed by atoms with Crippen LogP contribution in [0, 0.1) is 12.7 Å². The average molecular weight is 509 g/mol. The van der Waals surface area contributed by atoms with Crippen molar-refractivity contribution in [1.82, 2.24) is 14.6 Å². The van der Waals surface area contributed by atoms with Crippen LogP contribution in [-0.2, 0) is 14.8 Å². The molecule has 0 saturated carbocycles. The minimum atomic E-state index is -4.02. The number of rotatable bonds is 6. The lowest BCUT2D eigenvalue weighted by Crippen LogP contribution is -2.40. The summed E-state index contributed by atoms with van der Waals surface area (Å²) in [5.74, 6) is -0.931. The van der Waals surface area contributed by atoms with E-state index >= 15 is 0 Å². The number of amides is 2. The number of carbonyl (C=O) groups excluding carboxylic acids is 2. The number of methoxy groups -OCH3 is 1. The van der Waals surface area contributed by atoms with E-state index in [0.29, 0.717) is 13.0 Å². The molecule has 35 heavy (non-hydrogen) atoms. The smallest absolute Gasteiger partial charge is 0.410 e. The number of pyridine rings is 1. The Morgan fingerprint density at radius 2 is 1.91 bits per heavy atom. The number of hydrogen-bond acceptors (Lipinski definition) is 7. The molecule has 1 aromatic heterocycles. The lowest BCUT2D eigenvalue weighted by molar-refractivity contribution is 0.0291. The van der Waals surface area contributed by atoms with Crippen LogP contribution < -0.4 is 14.8 Å². The number of halogens is 1. The van der Waals surface area contributed by atoms with E-state index in [0.717, 1.165) is 0 Å². The molecule has 0 unspecified atom stereocenters. The summed E-state index contributed by atoms with van der Waals surface area (Å²) in [6, 6.07) is 5.83. The van der Waals surface area contributed by atoms with Crippen molar-refractivity contribution in [3.05, 3.63) is 47.4 Å². The third-order valence-corrected chi connectivity index (χ3v) is 6.67. The minimum absolute atomic E-state index is 0.0408. The first-order valence-corrected chi connectivity index (χ1v) is 12.4. The van der Waals surface area contributed by atoms with Gasteiger partial charge in [0.2, 0.25) is 10.0 Å². The first-order chi connectivity index (χ1) is 16.3. The molecule has 2 heterocycles. The second-order valence-corrected chi connectivity index (χ2v) is 10.8. The van der Waals surface area contributed by atoms with Gasteiger partial charge in [0.05, 0.1) is 23.3 Å². The zero-order valence-electron chi connectivity index (χ0n) is 20.2. The monoisotopic (exact) mass is 508 g/mol. The topological polar surface area (TPSA) is 127 Å². The molecule has 1 saturated heterocycles. The second-order valence-electron chi connectivity index (χ2n) is 9.11. The fourth-order valence-electron chi connectivity index (χ4n) is 3.47. The highest BCUT2D eigenvalue weighted by atomic mass is 32.2. The lowest BCUT2D eigenvalue weighted by atomic mass is 10.2. The fourth-order valence-corrected chi connectivity index (χ4v) is 4.75. The number of nitrogens with one attached hydrogen (secondary N) is 2. The van der Waals surface area contributed by atoms with Crippen LogP contribution in [0.2, 0.25) is 0 Å². The van der Waals surface area contributed by atoms with E-state index in [1.165, 1.54) is 49.3 Å². The molecule has 12 heteroatoms. The van der Waals surface area contributed by atoms with Gasteiger partial charge in [-0.3, -0.25) is 4.79 Å². The molecule has 1 fully saturated rings. The van der Waals surface area contributed by atoms with Gasteiger partial charge in [-0.25, -0.2) is 27.3 Å². The molecule has 1 aromatic carbocycles. The van der Waals surface area contributed by atoms with Crippen LogP contribution in [0.1, 0.15) is 43.2 Å². The summed E-state index contributed by atoms with van der Waals surface area (Å²) >= 11 is 0. The van der Waals surface area contributed by atoms with Gasteiger partial charge in [-0.2, -0.15) is 0 Å². The largest absolute Gasteiger partial charge is 0.496 e. The van der Waals surface area contributed by atoms with Crippen molar-refractivity contribution in [2.45, 2.75) is 50.7 Å². The third kappa shape index (κ3) is 6.67. The SMILES string of the molecule is COc1ccc(S(=O)(=O)N[C@H]2CCN(C(=O)OC(C)(C)C)C2)cc1C(=O)Nc1ccc(F)c(C)n1. The number of carbonyl (C=O) groups is 2. The van der Waals surface area contributed by atoms with Crippen LogP contribution in [-0.4, -0.2) is 62.1 Å². The van der Waals surface area contributed by atoms with Crippen molar-refractivity contribution in [3.63, 3.8) is 0 Å². The molecule has 0 aliphatic carbocycles. The number of nitrogens with zero attached hydrogens (tertiary/aromatic N) is 2. The number of anilines is 1. The number of benzene rings is 1. The molecular weight excluding hydrogens is 479 g/mol.